The van der Waals surface area contributed by atoms with E-state index in [0.717, 1.165) is 37.8 Å². The minimum atomic E-state index is 0.813. The van der Waals surface area contributed by atoms with Crippen molar-refractivity contribution in [2.75, 3.05) is 19.6 Å². The molecule has 0 spiro atoms. The van der Waals surface area contributed by atoms with Crippen LogP contribution in [-0.2, 0) is 6.54 Å². The highest BCUT2D eigenvalue weighted by Crippen LogP contribution is 2.14. The second-order valence-electron chi connectivity index (χ2n) is 5.40. The number of nitrogens with one attached hydrogen (secondary N) is 2. The van der Waals surface area contributed by atoms with E-state index in [1.54, 1.807) is 0 Å². The van der Waals surface area contributed by atoms with Crippen molar-refractivity contribution < 1.29 is 0 Å². The Labute approximate surface area is 120 Å². The van der Waals surface area contributed by atoms with E-state index in [4.69, 9.17) is 0 Å². The van der Waals surface area contributed by atoms with Gasteiger partial charge in [0, 0.05) is 18.9 Å². The highest BCUT2D eigenvalue weighted by atomic mass is 15.3. The van der Waals surface area contributed by atoms with Crippen molar-refractivity contribution in [3.63, 3.8) is 0 Å². The summed E-state index contributed by atoms with van der Waals surface area (Å²) in [6.45, 7) is 4.33. The largest absolute Gasteiger partial charge is 0.317 e. The van der Waals surface area contributed by atoms with Crippen LogP contribution >= 0.6 is 0 Å². The van der Waals surface area contributed by atoms with Gasteiger partial charge in [0.05, 0.1) is 5.69 Å². The number of hydrogen-bond acceptors (Lipinski definition) is 3. The molecule has 4 heteroatoms. The number of nitrogens with zero attached hydrogens (tertiary/aromatic N) is 2. The van der Waals surface area contributed by atoms with Crippen LogP contribution in [0.1, 0.15) is 18.4 Å². The molecule has 0 atom stereocenters. The molecule has 4 nitrogen and oxygen atoms in total. The lowest BCUT2D eigenvalue weighted by Gasteiger charge is -2.23. The van der Waals surface area contributed by atoms with Gasteiger partial charge in [0.25, 0.3) is 0 Å². The van der Waals surface area contributed by atoms with E-state index in [-0.39, 0.29) is 0 Å². The summed E-state index contributed by atoms with van der Waals surface area (Å²) in [4.78, 5) is 0. The van der Waals surface area contributed by atoms with Gasteiger partial charge < -0.3 is 10.6 Å². The van der Waals surface area contributed by atoms with Crippen molar-refractivity contribution in [2.45, 2.75) is 19.4 Å². The maximum Gasteiger partial charge on any atom is 0.0690 e. The lowest BCUT2D eigenvalue weighted by molar-refractivity contribution is 0.356. The molecule has 1 fully saturated rings. The lowest BCUT2D eigenvalue weighted by Crippen LogP contribution is -2.33. The van der Waals surface area contributed by atoms with Gasteiger partial charge >= 0.3 is 0 Å². The first-order valence-corrected chi connectivity index (χ1v) is 7.43. The second kappa shape index (κ2) is 6.68. The maximum atomic E-state index is 4.33. The van der Waals surface area contributed by atoms with Crippen LogP contribution in [0.4, 0.5) is 0 Å². The maximum absolute atomic E-state index is 4.33. The topological polar surface area (TPSA) is 41.9 Å². The molecule has 1 aliphatic heterocycles. The number of hydrogen-bond donors (Lipinski definition) is 2. The average molecular weight is 270 g/mol. The van der Waals surface area contributed by atoms with Crippen LogP contribution in [0.3, 0.4) is 0 Å². The molecule has 1 aromatic heterocycles. The molecule has 106 valence electrons. The van der Waals surface area contributed by atoms with Crippen LogP contribution in [0.5, 0.6) is 0 Å². The van der Waals surface area contributed by atoms with Crippen molar-refractivity contribution in [1.82, 2.24) is 20.4 Å². The molecular weight excluding hydrogens is 248 g/mol. The first-order chi connectivity index (χ1) is 9.93. The minimum absolute atomic E-state index is 0.813. The SMILES string of the molecule is c1ccc(-n2cccn2)c(CNCC2CCNCC2)c1. The van der Waals surface area contributed by atoms with Gasteiger partial charge in [-0.05, 0) is 56.1 Å². The third kappa shape index (κ3) is 3.26. The Morgan fingerprint density at radius 3 is 2.85 bits per heavy atom. The van der Waals surface area contributed by atoms with E-state index < -0.39 is 0 Å². The van der Waals surface area contributed by atoms with Gasteiger partial charge in [-0.3, -0.25) is 0 Å². The van der Waals surface area contributed by atoms with Gasteiger partial charge in [-0.15, -0.1) is 0 Å². The zero-order valence-electron chi connectivity index (χ0n) is 11.8. The van der Waals surface area contributed by atoms with Gasteiger partial charge in [-0.1, -0.05) is 18.2 Å². The normalized spacial score (nSPS) is 16.4. The summed E-state index contributed by atoms with van der Waals surface area (Å²) in [6.07, 6.45) is 6.38. The molecule has 1 aromatic carbocycles. The first-order valence-electron chi connectivity index (χ1n) is 7.43. The molecule has 0 unspecified atom stereocenters. The molecular formula is C16H22N4. The van der Waals surface area contributed by atoms with E-state index >= 15 is 0 Å². The second-order valence-corrected chi connectivity index (χ2v) is 5.40. The van der Waals surface area contributed by atoms with E-state index in [1.165, 1.54) is 18.4 Å². The standard InChI is InChI=1S/C16H22N4/c1-2-5-16(20-11-3-8-19-20)15(4-1)13-18-12-14-6-9-17-10-7-14/h1-5,8,11,14,17-18H,6-7,9-10,12-13H2. The first kappa shape index (κ1) is 13.3. The third-order valence-corrected chi connectivity index (χ3v) is 3.95. The molecule has 2 N–H and O–H groups in total. The van der Waals surface area contributed by atoms with Crippen LogP contribution < -0.4 is 10.6 Å². The quantitative estimate of drug-likeness (QED) is 0.873. The van der Waals surface area contributed by atoms with Crippen LogP contribution in [0.15, 0.2) is 42.7 Å². The van der Waals surface area contributed by atoms with Crippen LogP contribution in [0, 0.1) is 5.92 Å². The molecule has 1 saturated heterocycles. The lowest BCUT2D eigenvalue weighted by atomic mass is 9.98. The van der Waals surface area contributed by atoms with Gasteiger partial charge in [-0.2, -0.15) is 5.10 Å². The fourth-order valence-corrected chi connectivity index (χ4v) is 2.79. The zero-order chi connectivity index (χ0) is 13.6. The Morgan fingerprint density at radius 1 is 1.20 bits per heavy atom. The summed E-state index contributed by atoms with van der Waals surface area (Å²) in [5.74, 6) is 0.813. The number of benzene rings is 1. The fourth-order valence-electron chi connectivity index (χ4n) is 2.79. The van der Waals surface area contributed by atoms with E-state index in [9.17, 15) is 0 Å². The smallest absolute Gasteiger partial charge is 0.0690 e. The van der Waals surface area contributed by atoms with Gasteiger partial charge in [0.2, 0.25) is 0 Å². The van der Waals surface area contributed by atoms with E-state index in [0.29, 0.717) is 0 Å². The fraction of sp³-hybridized carbons (Fsp3) is 0.438. The van der Waals surface area contributed by atoms with Gasteiger partial charge in [-0.25, -0.2) is 4.68 Å². The van der Waals surface area contributed by atoms with Gasteiger partial charge in [0.1, 0.15) is 0 Å². The van der Waals surface area contributed by atoms with Crippen molar-refractivity contribution in [1.29, 1.82) is 0 Å². The number of rotatable bonds is 5. The average Bonchev–Trinajstić information content (AvgIpc) is 3.03. The van der Waals surface area contributed by atoms with Gasteiger partial charge in [0.15, 0.2) is 0 Å². The summed E-state index contributed by atoms with van der Waals surface area (Å²) in [7, 11) is 0. The molecule has 2 aromatic rings. The predicted molar refractivity (Wildman–Crippen MR) is 80.9 cm³/mol. The summed E-state index contributed by atoms with van der Waals surface area (Å²) < 4.78 is 1.93. The summed E-state index contributed by atoms with van der Waals surface area (Å²) in [5.41, 5.74) is 2.46. The monoisotopic (exact) mass is 270 g/mol. The Morgan fingerprint density at radius 2 is 2.05 bits per heavy atom. The van der Waals surface area contributed by atoms with Crippen molar-refractivity contribution in [2.24, 2.45) is 5.92 Å². The van der Waals surface area contributed by atoms with Crippen LogP contribution in [-0.4, -0.2) is 29.4 Å². The summed E-state index contributed by atoms with van der Waals surface area (Å²) >= 11 is 0. The zero-order valence-corrected chi connectivity index (χ0v) is 11.8. The van der Waals surface area contributed by atoms with Crippen molar-refractivity contribution >= 4 is 0 Å². The van der Waals surface area contributed by atoms with E-state index in [1.807, 2.05) is 23.1 Å². The summed E-state index contributed by atoms with van der Waals surface area (Å²) in [5, 5.41) is 11.3. The Kier molecular flexibility index (Phi) is 4.46. The van der Waals surface area contributed by atoms with Crippen LogP contribution in [0.25, 0.3) is 5.69 Å². The number of aromatic nitrogens is 2. The third-order valence-electron chi connectivity index (χ3n) is 3.95. The molecule has 0 bridgehead atoms. The highest BCUT2D eigenvalue weighted by molar-refractivity contribution is 5.40. The number of piperidine rings is 1. The molecule has 3 rings (SSSR count). The highest BCUT2D eigenvalue weighted by Gasteiger charge is 2.12. The van der Waals surface area contributed by atoms with Crippen LogP contribution in [0.2, 0.25) is 0 Å². The summed E-state index contributed by atoms with van der Waals surface area (Å²) in [6, 6.07) is 10.4. The molecule has 1 aliphatic rings. The molecule has 0 aliphatic carbocycles. The van der Waals surface area contributed by atoms with E-state index in [2.05, 4.69) is 40.0 Å². The molecule has 0 amide bonds. The number of para-hydroxylation sites is 1. The van der Waals surface area contributed by atoms with Crippen molar-refractivity contribution in [3.8, 4) is 5.69 Å². The molecule has 20 heavy (non-hydrogen) atoms. The molecule has 0 radical (unpaired) electrons. The predicted octanol–water partition coefficient (Wildman–Crippen LogP) is 1.96. The minimum Gasteiger partial charge on any atom is -0.317 e. The Hall–Kier alpha value is -1.65. The molecule has 2 heterocycles. The van der Waals surface area contributed by atoms with Crippen molar-refractivity contribution in [3.05, 3.63) is 48.3 Å². The Balaban J connectivity index is 1.60. The Bertz CT molecular complexity index is 515. The molecule has 0 saturated carbocycles.